The van der Waals surface area contributed by atoms with Gasteiger partial charge in [-0.2, -0.15) is 0 Å². The number of anilines is 2. The fourth-order valence-electron chi connectivity index (χ4n) is 2.80. The minimum Gasteiger partial charge on any atom is -0.476 e. The number of aromatic nitrogens is 5. The first kappa shape index (κ1) is 22.3. The third-order valence-electron chi connectivity index (χ3n) is 4.23. The lowest BCUT2D eigenvalue weighted by Gasteiger charge is -2.07. The lowest BCUT2D eigenvalue weighted by molar-refractivity contribution is -0.114. The summed E-state index contributed by atoms with van der Waals surface area (Å²) >= 11 is 1.29. The monoisotopic (exact) mass is 443 g/mol. The Morgan fingerprint density at radius 2 is 1.77 bits per heavy atom. The SMILES string of the molecule is CCOc1nn(CC)cc1-c1nnc(SCC(=O)Nc2ccc(NC(C)=O)cc2)n1C. The summed E-state index contributed by atoms with van der Waals surface area (Å²) in [7, 11) is 1.84. The Morgan fingerprint density at radius 1 is 1.10 bits per heavy atom. The third kappa shape index (κ3) is 5.63. The molecule has 0 aliphatic rings. The van der Waals surface area contributed by atoms with Crippen molar-refractivity contribution in [1.29, 1.82) is 0 Å². The summed E-state index contributed by atoms with van der Waals surface area (Å²) in [5, 5.41) is 19.0. The number of ether oxygens (including phenoxy) is 1. The highest BCUT2D eigenvalue weighted by atomic mass is 32.2. The van der Waals surface area contributed by atoms with E-state index in [4.69, 9.17) is 4.74 Å². The Bertz CT molecular complexity index is 1060. The Hall–Kier alpha value is -3.34. The minimum atomic E-state index is -0.171. The molecule has 0 aliphatic carbocycles. The molecule has 0 fully saturated rings. The number of thioether (sulfide) groups is 1. The van der Waals surface area contributed by atoms with Crippen LogP contribution in [0.5, 0.6) is 5.88 Å². The van der Waals surface area contributed by atoms with Crippen LogP contribution in [0, 0.1) is 0 Å². The average Bonchev–Trinajstić information content (AvgIpc) is 3.30. The fourth-order valence-corrected chi connectivity index (χ4v) is 3.52. The maximum Gasteiger partial charge on any atom is 0.243 e. The predicted molar refractivity (Wildman–Crippen MR) is 119 cm³/mol. The molecule has 0 spiro atoms. The zero-order valence-electron chi connectivity index (χ0n) is 17.9. The van der Waals surface area contributed by atoms with E-state index < -0.39 is 0 Å². The van der Waals surface area contributed by atoms with Crippen molar-refractivity contribution in [1.82, 2.24) is 24.5 Å². The van der Waals surface area contributed by atoms with E-state index in [1.165, 1.54) is 18.7 Å². The van der Waals surface area contributed by atoms with E-state index in [0.717, 1.165) is 5.56 Å². The smallest absolute Gasteiger partial charge is 0.243 e. The normalized spacial score (nSPS) is 10.7. The zero-order valence-corrected chi connectivity index (χ0v) is 18.7. The first-order valence-corrected chi connectivity index (χ1v) is 10.8. The number of aryl methyl sites for hydroxylation is 1. The van der Waals surface area contributed by atoms with Gasteiger partial charge < -0.3 is 19.9 Å². The van der Waals surface area contributed by atoms with Gasteiger partial charge in [0.25, 0.3) is 0 Å². The highest BCUT2D eigenvalue weighted by Gasteiger charge is 2.19. The standard InChI is InChI=1S/C20H25N7O3S/c1-5-27-11-16(19(25-27)30-6-2)18-23-24-20(26(18)4)31-12-17(29)22-15-9-7-14(8-10-15)21-13(3)28/h7-11H,5-6,12H2,1-4H3,(H,21,28)(H,22,29). The lowest BCUT2D eigenvalue weighted by atomic mass is 10.3. The van der Waals surface area contributed by atoms with Gasteiger partial charge in [-0.05, 0) is 38.1 Å². The number of benzene rings is 1. The van der Waals surface area contributed by atoms with Crippen molar-refractivity contribution in [2.24, 2.45) is 7.05 Å². The van der Waals surface area contributed by atoms with Crippen LogP contribution in [-0.4, -0.2) is 48.7 Å². The van der Waals surface area contributed by atoms with E-state index >= 15 is 0 Å². The summed E-state index contributed by atoms with van der Waals surface area (Å²) in [5.74, 6) is 0.991. The molecule has 0 radical (unpaired) electrons. The second-order valence-corrected chi connectivity index (χ2v) is 7.54. The molecule has 0 aliphatic heterocycles. The second kappa shape index (κ2) is 10.1. The van der Waals surface area contributed by atoms with Crippen molar-refractivity contribution in [3.05, 3.63) is 30.5 Å². The number of hydrogen-bond donors (Lipinski definition) is 2. The highest BCUT2D eigenvalue weighted by molar-refractivity contribution is 7.99. The molecule has 31 heavy (non-hydrogen) atoms. The van der Waals surface area contributed by atoms with Crippen LogP contribution in [0.1, 0.15) is 20.8 Å². The molecule has 3 aromatic rings. The maximum absolute atomic E-state index is 12.3. The number of nitrogens with zero attached hydrogens (tertiary/aromatic N) is 5. The topological polar surface area (TPSA) is 116 Å². The van der Waals surface area contributed by atoms with E-state index in [2.05, 4.69) is 25.9 Å². The average molecular weight is 444 g/mol. The minimum absolute atomic E-state index is 0.147. The van der Waals surface area contributed by atoms with E-state index in [9.17, 15) is 9.59 Å². The van der Waals surface area contributed by atoms with Crippen LogP contribution in [0.4, 0.5) is 11.4 Å². The Labute approximate surface area is 184 Å². The molecular weight excluding hydrogens is 418 g/mol. The van der Waals surface area contributed by atoms with Gasteiger partial charge in [0, 0.05) is 38.1 Å². The molecular formula is C20H25N7O3S. The predicted octanol–water partition coefficient (Wildman–Crippen LogP) is 2.79. The second-order valence-electron chi connectivity index (χ2n) is 6.60. The first-order valence-electron chi connectivity index (χ1n) is 9.81. The third-order valence-corrected chi connectivity index (χ3v) is 5.25. The first-order chi connectivity index (χ1) is 14.9. The van der Waals surface area contributed by atoms with Crippen molar-refractivity contribution >= 4 is 35.0 Å². The van der Waals surface area contributed by atoms with E-state index in [1.54, 1.807) is 28.9 Å². The van der Waals surface area contributed by atoms with Crippen molar-refractivity contribution in [2.75, 3.05) is 23.0 Å². The van der Waals surface area contributed by atoms with Gasteiger partial charge in [0.2, 0.25) is 17.7 Å². The molecule has 2 heterocycles. The molecule has 0 saturated carbocycles. The largest absolute Gasteiger partial charge is 0.476 e. The van der Waals surface area contributed by atoms with Crippen LogP contribution in [0.15, 0.2) is 35.6 Å². The number of carbonyl (C=O) groups excluding carboxylic acids is 2. The van der Waals surface area contributed by atoms with Gasteiger partial charge in [-0.25, -0.2) is 0 Å². The van der Waals surface area contributed by atoms with E-state index in [1.807, 2.05) is 31.7 Å². The molecule has 2 aromatic heterocycles. The summed E-state index contributed by atoms with van der Waals surface area (Å²) in [6.07, 6.45) is 1.88. The van der Waals surface area contributed by atoms with Crippen molar-refractivity contribution < 1.29 is 14.3 Å². The molecule has 164 valence electrons. The fraction of sp³-hybridized carbons (Fsp3) is 0.350. The molecule has 2 amide bonds. The van der Waals surface area contributed by atoms with Crippen LogP contribution >= 0.6 is 11.8 Å². The summed E-state index contributed by atoms with van der Waals surface area (Å²) in [6, 6.07) is 6.92. The molecule has 10 nitrogen and oxygen atoms in total. The Balaban J connectivity index is 1.63. The Morgan fingerprint density at radius 3 is 2.39 bits per heavy atom. The van der Waals surface area contributed by atoms with Crippen LogP contribution in [0.25, 0.3) is 11.4 Å². The Kier molecular flexibility index (Phi) is 7.29. The highest BCUT2D eigenvalue weighted by Crippen LogP contribution is 2.29. The van der Waals surface area contributed by atoms with Gasteiger partial charge in [-0.1, -0.05) is 11.8 Å². The summed E-state index contributed by atoms with van der Waals surface area (Å²) in [4.78, 5) is 23.4. The van der Waals surface area contributed by atoms with Gasteiger partial charge in [0.1, 0.15) is 5.56 Å². The van der Waals surface area contributed by atoms with Crippen LogP contribution in [-0.2, 0) is 23.2 Å². The lowest BCUT2D eigenvalue weighted by Crippen LogP contribution is -2.14. The molecule has 3 rings (SSSR count). The number of amides is 2. The molecule has 0 atom stereocenters. The quantitative estimate of drug-likeness (QED) is 0.489. The number of hydrogen-bond acceptors (Lipinski definition) is 7. The van der Waals surface area contributed by atoms with Crippen molar-refractivity contribution in [3.8, 4) is 17.3 Å². The summed E-state index contributed by atoms with van der Waals surface area (Å²) < 4.78 is 9.23. The molecule has 11 heteroatoms. The van der Waals surface area contributed by atoms with Crippen molar-refractivity contribution in [2.45, 2.75) is 32.5 Å². The summed E-state index contributed by atoms with van der Waals surface area (Å²) in [5.41, 5.74) is 2.07. The number of carbonyl (C=O) groups is 2. The van der Waals surface area contributed by atoms with E-state index in [0.29, 0.717) is 41.4 Å². The van der Waals surface area contributed by atoms with Gasteiger partial charge in [-0.3, -0.25) is 14.3 Å². The van der Waals surface area contributed by atoms with Gasteiger partial charge in [0.05, 0.1) is 12.4 Å². The van der Waals surface area contributed by atoms with Gasteiger partial charge in [0.15, 0.2) is 11.0 Å². The van der Waals surface area contributed by atoms with E-state index in [-0.39, 0.29) is 17.6 Å². The molecule has 2 N–H and O–H groups in total. The maximum atomic E-state index is 12.3. The van der Waals surface area contributed by atoms with Crippen LogP contribution in [0.2, 0.25) is 0 Å². The summed E-state index contributed by atoms with van der Waals surface area (Å²) in [6.45, 7) is 6.55. The van der Waals surface area contributed by atoms with Crippen LogP contribution in [0.3, 0.4) is 0 Å². The van der Waals surface area contributed by atoms with Crippen molar-refractivity contribution in [3.63, 3.8) is 0 Å². The van der Waals surface area contributed by atoms with Gasteiger partial charge >= 0.3 is 0 Å². The molecule has 0 bridgehead atoms. The molecule has 0 unspecified atom stereocenters. The van der Waals surface area contributed by atoms with Crippen LogP contribution < -0.4 is 15.4 Å². The number of nitrogens with one attached hydrogen (secondary N) is 2. The number of rotatable bonds is 9. The van der Waals surface area contributed by atoms with Gasteiger partial charge in [-0.15, -0.1) is 15.3 Å². The zero-order chi connectivity index (χ0) is 22.4. The molecule has 0 saturated heterocycles. The molecule has 1 aromatic carbocycles.